The van der Waals surface area contributed by atoms with E-state index in [4.69, 9.17) is 15.2 Å². The number of halogens is 1. The molecular weight excluding hydrogens is 503 g/mol. The second-order valence-electron chi connectivity index (χ2n) is 11.1. The van der Waals surface area contributed by atoms with Gasteiger partial charge in [0, 0.05) is 24.2 Å². The van der Waals surface area contributed by atoms with Crippen LogP contribution in [0.2, 0.25) is 0 Å². The quantitative estimate of drug-likeness (QED) is 0.284. The van der Waals surface area contributed by atoms with E-state index in [9.17, 15) is 9.59 Å². The Hall–Kier alpha value is -3.73. The molecule has 0 spiro atoms. The van der Waals surface area contributed by atoms with E-state index in [0.29, 0.717) is 18.8 Å². The Bertz CT molecular complexity index is 1350. The molecule has 10 nitrogen and oxygen atoms in total. The molecule has 0 aliphatic heterocycles. The number of fused-ring (bicyclic) bond motifs is 1. The number of anilines is 3. The lowest BCUT2D eigenvalue weighted by Gasteiger charge is -2.27. The van der Waals surface area contributed by atoms with Gasteiger partial charge in [-0.05, 0) is 69.7 Å². The highest BCUT2D eigenvalue weighted by molar-refractivity contribution is 5.99. The summed E-state index contributed by atoms with van der Waals surface area (Å²) in [5.74, 6) is -1.52. The number of carbonyl (C=O) groups excluding carboxylic acids is 2. The van der Waals surface area contributed by atoms with Gasteiger partial charge in [-0.25, -0.2) is 9.37 Å². The standard InChI is InChI=1S/C28H37FN6O4/c1-16(12-23(36)39-28(2,3)4)24(17-6-7-17)33-27-21(29)14-20(25(30)37)26(34-27)32-19-8-9-22-18(13-19)15-31-35(22)10-11-38-5/h8-9,13-17,24H,6-7,10-12H2,1-5H3,(H2,30,37)(H2,32,33,34)/t16-,24+/m1/s1. The monoisotopic (exact) mass is 540 g/mol. The molecule has 0 bridgehead atoms. The summed E-state index contributed by atoms with van der Waals surface area (Å²) in [6.07, 6.45) is 3.87. The summed E-state index contributed by atoms with van der Waals surface area (Å²) in [6.45, 7) is 8.56. The molecule has 210 valence electrons. The maximum atomic E-state index is 15.2. The summed E-state index contributed by atoms with van der Waals surface area (Å²) in [5.41, 5.74) is 6.47. The Labute approximate surface area is 227 Å². The van der Waals surface area contributed by atoms with Crippen molar-refractivity contribution in [2.24, 2.45) is 17.6 Å². The summed E-state index contributed by atoms with van der Waals surface area (Å²) in [6, 6.07) is 6.48. The first-order valence-electron chi connectivity index (χ1n) is 13.2. The lowest BCUT2D eigenvalue weighted by atomic mass is 9.94. The third-order valence-electron chi connectivity index (χ3n) is 6.61. The number of pyridine rings is 1. The molecule has 0 radical (unpaired) electrons. The van der Waals surface area contributed by atoms with Crippen molar-refractivity contribution in [2.75, 3.05) is 24.4 Å². The largest absolute Gasteiger partial charge is 0.460 e. The van der Waals surface area contributed by atoms with Crippen LogP contribution in [0.1, 0.15) is 57.3 Å². The zero-order valence-corrected chi connectivity index (χ0v) is 23.1. The predicted molar refractivity (Wildman–Crippen MR) is 147 cm³/mol. The van der Waals surface area contributed by atoms with Crippen LogP contribution in [-0.4, -0.2) is 52.0 Å². The maximum Gasteiger partial charge on any atom is 0.306 e. The van der Waals surface area contributed by atoms with Crippen molar-refractivity contribution in [1.82, 2.24) is 14.8 Å². The van der Waals surface area contributed by atoms with Crippen molar-refractivity contribution in [3.05, 3.63) is 41.8 Å². The number of esters is 1. The van der Waals surface area contributed by atoms with Crippen LogP contribution >= 0.6 is 0 Å². The van der Waals surface area contributed by atoms with Crippen LogP contribution in [0.15, 0.2) is 30.5 Å². The molecule has 1 aromatic carbocycles. The van der Waals surface area contributed by atoms with Gasteiger partial charge in [-0.3, -0.25) is 14.3 Å². The number of methoxy groups -OCH3 is 1. The van der Waals surface area contributed by atoms with E-state index in [1.807, 2.05) is 50.6 Å². The zero-order valence-electron chi connectivity index (χ0n) is 23.1. The van der Waals surface area contributed by atoms with E-state index in [1.54, 1.807) is 13.3 Å². The first kappa shape index (κ1) is 28.3. The molecule has 4 N–H and O–H groups in total. The van der Waals surface area contributed by atoms with Crippen molar-refractivity contribution >= 4 is 40.1 Å². The van der Waals surface area contributed by atoms with E-state index in [2.05, 4.69) is 20.7 Å². The topological polar surface area (TPSA) is 133 Å². The summed E-state index contributed by atoms with van der Waals surface area (Å²) in [7, 11) is 1.64. The fourth-order valence-electron chi connectivity index (χ4n) is 4.64. The second-order valence-corrected chi connectivity index (χ2v) is 11.1. The average molecular weight is 541 g/mol. The third-order valence-corrected chi connectivity index (χ3v) is 6.61. The normalized spacial score (nSPS) is 15.1. The van der Waals surface area contributed by atoms with E-state index < -0.39 is 17.3 Å². The van der Waals surface area contributed by atoms with Gasteiger partial charge in [0.1, 0.15) is 11.4 Å². The second kappa shape index (κ2) is 11.6. The highest BCUT2D eigenvalue weighted by atomic mass is 19.1. The van der Waals surface area contributed by atoms with Crippen molar-refractivity contribution in [1.29, 1.82) is 0 Å². The summed E-state index contributed by atoms with van der Waals surface area (Å²) >= 11 is 0. The molecule has 1 aliphatic carbocycles. The highest BCUT2D eigenvalue weighted by Gasteiger charge is 2.37. The Morgan fingerprint density at radius 2 is 1.97 bits per heavy atom. The van der Waals surface area contributed by atoms with Gasteiger partial charge in [0.2, 0.25) is 0 Å². The van der Waals surface area contributed by atoms with Crippen molar-refractivity contribution in [3.8, 4) is 0 Å². The smallest absolute Gasteiger partial charge is 0.306 e. The molecule has 1 saturated carbocycles. The van der Waals surface area contributed by atoms with Gasteiger partial charge in [-0.15, -0.1) is 0 Å². The number of nitrogens with one attached hydrogen (secondary N) is 2. The molecule has 11 heteroatoms. The number of hydrogen-bond donors (Lipinski definition) is 3. The number of hydrogen-bond acceptors (Lipinski definition) is 8. The fraction of sp³-hybridized carbons (Fsp3) is 0.500. The molecule has 0 saturated heterocycles. The Kier molecular flexibility index (Phi) is 8.39. The van der Waals surface area contributed by atoms with E-state index >= 15 is 4.39 Å². The Morgan fingerprint density at radius 1 is 1.23 bits per heavy atom. The predicted octanol–water partition coefficient (Wildman–Crippen LogP) is 4.62. The number of nitrogens with zero attached hydrogens (tertiary/aromatic N) is 3. The van der Waals surface area contributed by atoms with Crippen LogP contribution in [0.3, 0.4) is 0 Å². The molecule has 1 fully saturated rings. The van der Waals surface area contributed by atoms with E-state index in [-0.39, 0.29) is 47.5 Å². The van der Waals surface area contributed by atoms with E-state index in [1.165, 1.54) is 0 Å². The van der Waals surface area contributed by atoms with E-state index in [0.717, 1.165) is 29.8 Å². The van der Waals surface area contributed by atoms with Crippen LogP contribution in [0.5, 0.6) is 0 Å². The molecule has 2 aromatic heterocycles. The van der Waals surface area contributed by atoms with Gasteiger partial charge >= 0.3 is 5.97 Å². The first-order chi connectivity index (χ1) is 18.4. The van der Waals surface area contributed by atoms with Crippen LogP contribution in [-0.2, 0) is 20.8 Å². The molecule has 2 heterocycles. The lowest BCUT2D eigenvalue weighted by molar-refractivity contribution is -0.156. The molecule has 4 rings (SSSR count). The van der Waals surface area contributed by atoms with Crippen molar-refractivity contribution in [3.63, 3.8) is 0 Å². The van der Waals surface area contributed by atoms with Crippen molar-refractivity contribution < 1.29 is 23.5 Å². The number of ether oxygens (including phenoxy) is 2. The van der Waals surface area contributed by atoms with Gasteiger partial charge in [-0.1, -0.05) is 6.92 Å². The summed E-state index contributed by atoms with van der Waals surface area (Å²) in [5, 5.41) is 11.6. The minimum Gasteiger partial charge on any atom is -0.460 e. The fourth-order valence-corrected chi connectivity index (χ4v) is 4.64. The van der Waals surface area contributed by atoms with Gasteiger partial charge in [0.05, 0.1) is 36.8 Å². The Morgan fingerprint density at radius 3 is 2.62 bits per heavy atom. The summed E-state index contributed by atoms with van der Waals surface area (Å²) < 4.78 is 27.6. The number of primary amides is 1. The van der Waals surface area contributed by atoms with Crippen LogP contribution in [0.25, 0.3) is 10.9 Å². The van der Waals surface area contributed by atoms with Gasteiger partial charge in [-0.2, -0.15) is 5.10 Å². The Balaban J connectivity index is 1.57. The average Bonchev–Trinajstić information content (AvgIpc) is 3.61. The SMILES string of the molecule is COCCn1ncc2cc(Nc3nc(N[C@H](C4CC4)[C@H](C)CC(=O)OC(C)(C)C)c(F)cc3C(N)=O)ccc21. The number of amides is 1. The van der Waals surface area contributed by atoms with Crippen LogP contribution in [0.4, 0.5) is 21.7 Å². The minimum atomic E-state index is -0.805. The third kappa shape index (κ3) is 7.23. The highest BCUT2D eigenvalue weighted by Crippen LogP contribution is 2.39. The first-order valence-corrected chi connectivity index (χ1v) is 13.2. The number of benzene rings is 1. The van der Waals surface area contributed by atoms with Crippen LogP contribution < -0.4 is 16.4 Å². The maximum absolute atomic E-state index is 15.2. The number of carbonyl (C=O) groups is 2. The molecule has 39 heavy (non-hydrogen) atoms. The number of aromatic nitrogens is 3. The van der Waals surface area contributed by atoms with Gasteiger partial charge < -0.3 is 25.8 Å². The zero-order chi connectivity index (χ0) is 28.3. The molecule has 0 unspecified atom stereocenters. The number of rotatable bonds is 12. The van der Waals surface area contributed by atoms with Gasteiger partial charge in [0.25, 0.3) is 5.91 Å². The van der Waals surface area contributed by atoms with Gasteiger partial charge in [0.15, 0.2) is 11.6 Å². The molecule has 1 amide bonds. The summed E-state index contributed by atoms with van der Waals surface area (Å²) in [4.78, 5) is 29.0. The lowest BCUT2D eigenvalue weighted by Crippen LogP contribution is -2.34. The molecule has 3 aromatic rings. The molecule has 1 aliphatic rings. The molecule has 2 atom stereocenters. The minimum absolute atomic E-state index is 0.0103. The van der Waals surface area contributed by atoms with Crippen molar-refractivity contribution in [2.45, 2.75) is 65.1 Å². The number of nitrogens with two attached hydrogens (primary N) is 1. The molecular formula is C28H37FN6O4. The van der Waals surface area contributed by atoms with Crippen LogP contribution in [0, 0.1) is 17.7 Å².